The molecule has 1 aromatic carbocycles. The Bertz CT molecular complexity index is 425. The normalized spacial score (nSPS) is 22.8. The molecule has 1 aromatic rings. The van der Waals surface area contributed by atoms with E-state index in [1.165, 1.54) is 43.4 Å². The molecule has 1 saturated carbocycles. The van der Waals surface area contributed by atoms with Crippen molar-refractivity contribution >= 4 is 17.3 Å². The lowest BCUT2D eigenvalue weighted by Gasteiger charge is -2.36. The summed E-state index contributed by atoms with van der Waals surface area (Å²) in [7, 11) is 4.16. The van der Waals surface area contributed by atoms with Crippen LogP contribution in [0.3, 0.4) is 0 Å². The predicted octanol–water partition coefficient (Wildman–Crippen LogP) is 4.46. The van der Waals surface area contributed by atoms with Crippen LogP contribution in [0, 0.1) is 5.92 Å². The van der Waals surface area contributed by atoms with E-state index in [1.54, 1.807) is 0 Å². The zero-order valence-electron chi connectivity index (χ0n) is 13.0. The largest absolute Gasteiger partial charge is 0.372 e. The first-order valence-corrected chi connectivity index (χ1v) is 8.19. The monoisotopic (exact) mass is 294 g/mol. The predicted molar refractivity (Wildman–Crippen MR) is 88.7 cm³/mol. The van der Waals surface area contributed by atoms with Gasteiger partial charge in [0.05, 0.1) is 0 Å². The lowest BCUT2D eigenvalue weighted by atomic mass is 9.84. The third-order valence-corrected chi connectivity index (χ3v) is 5.10. The molecular weight excluding hydrogens is 268 g/mol. The Balaban J connectivity index is 2.02. The molecule has 1 aliphatic rings. The Morgan fingerprint density at radius 3 is 2.50 bits per heavy atom. The van der Waals surface area contributed by atoms with Crippen molar-refractivity contribution in [3.05, 3.63) is 28.8 Å². The molecule has 20 heavy (non-hydrogen) atoms. The van der Waals surface area contributed by atoms with E-state index in [-0.39, 0.29) is 0 Å². The van der Waals surface area contributed by atoms with Crippen LogP contribution in [0.1, 0.15) is 44.6 Å². The van der Waals surface area contributed by atoms with E-state index in [0.29, 0.717) is 6.04 Å². The fourth-order valence-corrected chi connectivity index (χ4v) is 3.48. The van der Waals surface area contributed by atoms with Crippen LogP contribution in [0.25, 0.3) is 0 Å². The van der Waals surface area contributed by atoms with Gasteiger partial charge in [-0.2, -0.15) is 0 Å². The minimum absolute atomic E-state index is 0.670. The molecule has 112 valence electrons. The molecule has 2 rings (SSSR count). The molecule has 0 unspecified atom stereocenters. The number of halogens is 1. The Kier molecular flexibility index (Phi) is 5.74. The van der Waals surface area contributed by atoms with Gasteiger partial charge in [-0.15, -0.1) is 0 Å². The molecule has 1 aliphatic carbocycles. The van der Waals surface area contributed by atoms with Crippen molar-refractivity contribution in [1.29, 1.82) is 0 Å². The van der Waals surface area contributed by atoms with Crippen molar-refractivity contribution in [2.75, 3.05) is 19.0 Å². The topological polar surface area (TPSA) is 15.3 Å². The first-order chi connectivity index (χ1) is 9.65. The SMILES string of the molecule is CCC1CCC(N(C)c2ccc(CNC)c(Cl)c2)CC1. The lowest BCUT2D eigenvalue weighted by molar-refractivity contribution is 0.313. The van der Waals surface area contributed by atoms with Crippen molar-refractivity contribution in [3.8, 4) is 0 Å². The number of anilines is 1. The molecule has 0 aromatic heterocycles. The summed E-state index contributed by atoms with van der Waals surface area (Å²) in [4.78, 5) is 2.42. The first-order valence-electron chi connectivity index (χ1n) is 7.81. The van der Waals surface area contributed by atoms with Crippen LogP contribution < -0.4 is 10.2 Å². The van der Waals surface area contributed by atoms with Gasteiger partial charge in [-0.1, -0.05) is 31.0 Å². The summed E-state index contributed by atoms with van der Waals surface area (Å²) in [5, 5.41) is 4.02. The van der Waals surface area contributed by atoms with Gasteiger partial charge in [-0.05, 0) is 56.3 Å². The Labute approximate surface area is 128 Å². The standard InChI is InChI=1S/C17H27ClN2/c1-4-13-5-8-15(9-6-13)20(3)16-10-7-14(12-19-2)17(18)11-16/h7,10-11,13,15,19H,4-6,8-9,12H2,1-3H3. The van der Waals surface area contributed by atoms with Crippen LogP contribution in [-0.2, 0) is 6.54 Å². The Hall–Kier alpha value is -0.730. The van der Waals surface area contributed by atoms with E-state index in [9.17, 15) is 0 Å². The molecule has 0 atom stereocenters. The molecule has 3 heteroatoms. The first kappa shape index (κ1) is 15.7. The van der Waals surface area contributed by atoms with Crippen LogP contribution in [0.15, 0.2) is 18.2 Å². The van der Waals surface area contributed by atoms with Gasteiger partial charge in [0.1, 0.15) is 0 Å². The maximum absolute atomic E-state index is 6.37. The van der Waals surface area contributed by atoms with Gasteiger partial charge < -0.3 is 10.2 Å². The number of hydrogen-bond donors (Lipinski definition) is 1. The minimum atomic E-state index is 0.670. The zero-order chi connectivity index (χ0) is 14.5. The van der Waals surface area contributed by atoms with E-state index in [2.05, 4.69) is 42.4 Å². The molecule has 0 heterocycles. The fraction of sp³-hybridized carbons (Fsp3) is 0.647. The number of hydrogen-bond acceptors (Lipinski definition) is 2. The summed E-state index contributed by atoms with van der Waals surface area (Å²) in [6, 6.07) is 7.12. The fourth-order valence-electron chi connectivity index (χ4n) is 3.24. The van der Waals surface area contributed by atoms with Gasteiger partial charge >= 0.3 is 0 Å². The maximum Gasteiger partial charge on any atom is 0.0471 e. The van der Waals surface area contributed by atoms with Gasteiger partial charge in [0.25, 0.3) is 0 Å². The Morgan fingerprint density at radius 1 is 1.25 bits per heavy atom. The van der Waals surface area contributed by atoms with Crippen LogP contribution in [-0.4, -0.2) is 20.1 Å². The van der Waals surface area contributed by atoms with Gasteiger partial charge in [0.2, 0.25) is 0 Å². The third-order valence-electron chi connectivity index (χ3n) is 4.75. The third kappa shape index (κ3) is 3.67. The van der Waals surface area contributed by atoms with Gasteiger partial charge in [0, 0.05) is 30.3 Å². The molecular formula is C17H27ClN2. The second kappa shape index (κ2) is 7.33. The van der Waals surface area contributed by atoms with E-state index < -0.39 is 0 Å². The molecule has 1 N–H and O–H groups in total. The maximum atomic E-state index is 6.37. The van der Waals surface area contributed by atoms with Crippen LogP contribution in [0.4, 0.5) is 5.69 Å². The van der Waals surface area contributed by atoms with E-state index >= 15 is 0 Å². The van der Waals surface area contributed by atoms with E-state index in [1.807, 2.05) is 7.05 Å². The van der Waals surface area contributed by atoms with Crippen LogP contribution in [0.2, 0.25) is 5.02 Å². The molecule has 0 radical (unpaired) electrons. The highest BCUT2D eigenvalue weighted by Gasteiger charge is 2.23. The second-order valence-corrected chi connectivity index (χ2v) is 6.41. The summed E-state index contributed by atoms with van der Waals surface area (Å²) >= 11 is 6.37. The number of rotatable bonds is 5. The smallest absolute Gasteiger partial charge is 0.0471 e. The number of nitrogens with one attached hydrogen (secondary N) is 1. The highest BCUT2D eigenvalue weighted by atomic mass is 35.5. The second-order valence-electron chi connectivity index (χ2n) is 6.00. The van der Waals surface area contributed by atoms with Gasteiger partial charge in [-0.3, -0.25) is 0 Å². The molecule has 1 fully saturated rings. The van der Waals surface area contributed by atoms with E-state index in [4.69, 9.17) is 11.6 Å². The summed E-state index contributed by atoms with van der Waals surface area (Å²) < 4.78 is 0. The molecule has 0 spiro atoms. The van der Waals surface area contributed by atoms with Crippen LogP contribution >= 0.6 is 11.6 Å². The quantitative estimate of drug-likeness (QED) is 0.862. The van der Waals surface area contributed by atoms with Crippen molar-refractivity contribution in [2.45, 2.75) is 51.6 Å². The highest BCUT2D eigenvalue weighted by molar-refractivity contribution is 6.31. The summed E-state index contributed by atoms with van der Waals surface area (Å²) in [5.74, 6) is 0.946. The molecule has 0 bridgehead atoms. The van der Waals surface area contributed by atoms with Crippen molar-refractivity contribution < 1.29 is 0 Å². The zero-order valence-corrected chi connectivity index (χ0v) is 13.7. The van der Waals surface area contributed by atoms with Crippen molar-refractivity contribution in [1.82, 2.24) is 5.32 Å². The van der Waals surface area contributed by atoms with Crippen LogP contribution in [0.5, 0.6) is 0 Å². The highest BCUT2D eigenvalue weighted by Crippen LogP contribution is 2.32. The van der Waals surface area contributed by atoms with Crippen molar-refractivity contribution in [2.24, 2.45) is 5.92 Å². The van der Waals surface area contributed by atoms with Gasteiger partial charge in [-0.25, -0.2) is 0 Å². The summed E-state index contributed by atoms with van der Waals surface area (Å²) in [6.45, 7) is 3.14. The Morgan fingerprint density at radius 2 is 1.95 bits per heavy atom. The lowest BCUT2D eigenvalue weighted by Crippen LogP contribution is -2.35. The molecule has 0 saturated heterocycles. The molecule has 0 aliphatic heterocycles. The average molecular weight is 295 g/mol. The minimum Gasteiger partial charge on any atom is -0.372 e. The molecule has 0 amide bonds. The average Bonchev–Trinajstić information content (AvgIpc) is 2.49. The molecule has 2 nitrogen and oxygen atoms in total. The number of nitrogens with zero attached hydrogens (tertiary/aromatic N) is 1. The van der Waals surface area contributed by atoms with Gasteiger partial charge in [0.15, 0.2) is 0 Å². The number of benzene rings is 1. The van der Waals surface area contributed by atoms with E-state index in [0.717, 1.165) is 17.5 Å². The summed E-state index contributed by atoms with van der Waals surface area (Å²) in [5.41, 5.74) is 2.41. The van der Waals surface area contributed by atoms with Crippen molar-refractivity contribution in [3.63, 3.8) is 0 Å². The summed E-state index contributed by atoms with van der Waals surface area (Å²) in [6.07, 6.45) is 6.70.